The molecule has 0 spiro atoms. The fraction of sp³-hybridized carbons (Fsp3) is 0.333. The lowest BCUT2D eigenvalue weighted by Gasteiger charge is -2.11. The highest BCUT2D eigenvalue weighted by Gasteiger charge is 2.24. The summed E-state index contributed by atoms with van der Waals surface area (Å²) in [6.45, 7) is 4.10. The van der Waals surface area contributed by atoms with E-state index in [9.17, 15) is 9.59 Å². The van der Waals surface area contributed by atoms with E-state index in [0.717, 1.165) is 40.8 Å². The van der Waals surface area contributed by atoms with Crippen molar-refractivity contribution in [2.75, 3.05) is 6.54 Å². The minimum absolute atomic E-state index is 0.0332. The molecular formula is C21H23NO3. The van der Waals surface area contributed by atoms with Gasteiger partial charge in [-0.15, -0.1) is 0 Å². The van der Waals surface area contributed by atoms with E-state index in [4.69, 9.17) is 4.74 Å². The molecule has 3 rings (SSSR count). The Bertz CT molecular complexity index is 797. The van der Waals surface area contributed by atoms with Crippen LogP contribution >= 0.6 is 0 Å². The van der Waals surface area contributed by atoms with Gasteiger partial charge in [0.1, 0.15) is 11.9 Å². The van der Waals surface area contributed by atoms with Gasteiger partial charge in [0, 0.05) is 18.4 Å². The van der Waals surface area contributed by atoms with Crippen molar-refractivity contribution in [1.82, 2.24) is 5.32 Å². The molecule has 1 atom stereocenters. The lowest BCUT2D eigenvalue weighted by molar-refractivity contribution is -0.121. The van der Waals surface area contributed by atoms with Crippen molar-refractivity contribution in [2.45, 2.75) is 39.2 Å². The Morgan fingerprint density at radius 1 is 1.20 bits per heavy atom. The van der Waals surface area contributed by atoms with Crippen LogP contribution in [0.25, 0.3) is 11.1 Å². The van der Waals surface area contributed by atoms with Crippen LogP contribution < -0.4 is 10.1 Å². The van der Waals surface area contributed by atoms with E-state index < -0.39 is 0 Å². The minimum Gasteiger partial charge on any atom is -0.488 e. The summed E-state index contributed by atoms with van der Waals surface area (Å²) < 4.78 is 5.92. The predicted octanol–water partition coefficient (Wildman–Crippen LogP) is 3.78. The van der Waals surface area contributed by atoms with E-state index in [1.54, 1.807) is 6.92 Å². The summed E-state index contributed by atoms with van der Waals surface area (Å²) in [5, 5.41) is 2.92. The Balaban J connectivity index is 1.75. The van der Waals surface area contributed by atoms with E-state index in [2.05, 4.69) is 11.4 Å². The molecule has 4 heteroatoms. The highest BCUT2D eigenvalue weighted by Crippen LogP contribution is 2.34. The number of carbonyl (C=O) groups is 2. The summed E-state index contributed by atoms with van der Waals surface area (Å²) in [4.78, 5) is 23.5. The summed E-state index contributed by atoms with van der Waals surface area (Å²) in [5.74, 6) is 0.987. The normalized spacial score (nSPS) is 15.4. The lowest BCUT2D eigenvalue weighted by Crippen LogP contribution is -2.34. The second-order valence-corrected chi connectivity index (χ2v) is 6.42. The fourth-order valence-electron chi connectivity index (χ4n) is 3.19. The summed E-state index contributed by atoms with van der Waals surface area (Å²) in [6, 6.07) is 13.7. The van der Waals surface area contributed by atoms with E-state index in [0.29, 0.717) is 13.0 Å². The van der Waals surface area contributed by atoms with Crippen molar-refractivity contribution >= 4 is 11.7 Å². The first-order valence-corrected chi connectivity index (χ1v) is 8.75. The second-order valence-electron chi connectivity index (χ2n) is 6.42. The number of Topliss-reactive ketones (excluding diaryl/α,β-unsaturated/α-hetero) is 1. The second kappa shape index (κ2) is 7.51. The molecule has 0 radical (unpaired) electrons. The molecule has 1 heterocycles. The Morgan fingerprint density at radius 3 is 2.76 bits per heavy atom. The summed E-state index contributed by atoms with van der Waals surface area (Å²) >= 11 is 0. The van der Waals surface area contributed by atoms with Crippen LogP contribution in [0.5, 0.6) is 5.75 Å². The molecule has 0 aromatic heterocycles. The molecule has 1 amide bonds. The van der Waals surface area contributed by atoms with Crippen molar-refractivity contribution in [2.24, 2.45) is 0 Å². The standard InChI is InChI=1S/C21H23NO3/c1-3-6-21(24)22-13-17-12-16-11-15(9-10-20(16)25-17)19-8-5-4-7-18(19)14(2)23/h4-5,7-11,17H,3,6,12-13H2,1-2H3,(H,22,24)/t17-/m0/s1. The van der Waals surface area contributed by atoms with Crippen LogP contribution in [0, 0.1) is 0 Å². The van der Waals surface area contributed by atoms with Gasteiger partial charge in [-0.3, -0.25) is 9.59 Å². The maximum Gasteiger partial charge on any atom is 0.220 e. The summed E-state index contributed by atoms with van der Waals surface area (Å²) in [7, 11) is 0. The number of benzene rings is 2. The van der Waals surface area contributed by atoms with Crippen LogP contribution in [0.1, 0.15) is 42.6 Å². The molecular weight excluding hydrogens is 314 g/mol. The van der Waals surface area contributed by atoms with Crippen LogP contribution in [0.15, 0.2) is 42.5 Å². The van der Waals surface area contributed by atoms with Crippen molar-refractivity contribution in [3.8, 4) is 16.9 Å². The van der Waals surface area contributed by atoms with Gasteiger partial charge in [0.25, 0.3) is 0 Å². The van der Waals surface area contributed by atoms with Crippen LogP contribution in [0.2, 0.25) is 0 Å². The molecule has 1 N–H and O–H groups in total. The average Bonchev–Trinajstić information content (AvgIpc) is 3.02. The third-order valence-electron chi connectivity index (χ3n) is 4.42. The molecule has 0 fully saturated rings. The maximum absolute atomic E-state index is 11.9. The first-order valence-electron chi connectivity index (χ1n) is 8.75. The Kier molecular flexibility index (Phi) is 5.17. The number of hydrogen-bond donors (Lipinski definition) is 1. The van der Waals surface area contributed by atoms with Crippen molar-refractivity contribution in [3.05, 3.63) is 53.6 Å². The SMILES string of the molecule is CCCC(=O)NC[C@@H]1Cc2cc(-c3ccccc3C(C)=O)ccc2O1. The predicted molar refractivity (Wildman–Crippen MR) is 97.9 cm³/mol. The summed E-state index contributed by atoms with van der Waals surface area (Å²) in [5.41, 5.74) is 3.80. The highest BCUT2D eigenvalue weighted by molar-refractivity contribution is 6.00. The van der Waals surface area contributed by atoms with Gasteiger partial charge in [-0.25, -0.2) is 0 Å². The highest BCUT2D eigenvalue weighted by atomic mass is 16.5. The van der Waals surface area contributed by atoms with Crippen molar-refractivity contribution in [3.63, 3.8) is 0 Å². The number of carbonyl (C=O) groups excluding carboxylic acids is 2. The number of amides is 1. The van der Waals surface area contributed by atoms with Gasteiger partial charge in [-0.2, -0.15) is 0 Å². The smallest absolute Gasteiger partial charge is 0.220 e. The third kappa shape index (κ3) is 3.90. The monoisotopic (exact) mass is 337 g/mol. The average molecular weight is 337 g/mol. The van der Waals surface area contributed by atoms with Gasteiger partial charge < -0.3 is 10.1 Å². The van der Waals surface area contributed by atoms with Gasteiger partial charge in [0.2, 0.25) is 5.91 Å². The minimum atomic E-state index is -0.0332. The quantitative estimate of drug-likeness (QED) is 0.816. The molecule has 25 heavy (non-hydrogen) atoms. The van der Waals surface area contributed by atoms with Crippen LogP contribution in [0.4, 0.5) is 0 Å². The lowest BCUT2D eigenvalue weighted by atomic mass is 9.95. The molecule has 2 aromatic carbocycles. The number of ketones is 1. The van der Waals surface area contributed by atoms with Crippen molar-refractivity contribution in [1.29, 1.82) is 0 Å². The van der Waals surface area contributed by atoms with Crippen LogP contribution in [0.3, 0.4) is 0 Å². The molecule has 0 saturated heterocycles. The van der Waals surface area contributed by atoms with Gasteiger partial charge in [-0.1, -0.05) is 37.3 Å². The zero-order chi connectivity index (χ0) is 17.8. The zero-order valence-electron chi connectivity index (χ0n) is 14.7. The maximum atomic E-state index is 11.9. The van der Waals surface area contributed by atoms with Crippen LogP contribution in [-0.4, -0.2) is 24.3 Å². The van der Waals surface area contributed by atoms with E-state index in [1.807, 2.05) is 43.3 Å². The van der Waals surface area contributed by atoms with Crippen LogP contribution in [-0.2, 0) is 11.2 Å². The Morgan fingerprint density at radius 2 is 2.00 bits per heavy atom. The molecule has 4 nitrogen and oxygen atoms in total. The number of nitrogens with one attached hydrogen (secondary N) is 1. The molecule has 1 aliphatic heterocycles. The molecule has 1 aliphatic rings. The van der Waals surface area contributed by atoms with Gasteiger partial charge in [0.15, 0.2) is 5.78 Å². The third-order valence-corrected chi connectivity index (χ3v) is 4.42. The summed E-state index contributed by atoms with van der Waals surface area (Å²) in [6.07, 6.45) is 2.12. The number of ether oxygens (including phenoxy) is 1. The number of rotatable bonds is 6. The van der Waals surface area contributed by atoms with Crippen molar-refractivity contribution < 1.29 is 14.3 Å². The van der Waals surface area contributed by atoms with Gasteiger partial charge in [-0.05, 0) is 42.2 Å². The molecule has 0 aliphatic carbocycles. The largest absolute Gasteiger partial charge is 0.488 e. The number of hydrogen-bond acceptors (Lipinski definition) is 3. The molecule has 0 bridgehead atoms. The molecule has 0 saturated carbocycles. The van der Waals surface area contributed by atoms with E-state index in [-0.39, 0.29) is 17.8 Å². The zero-order valence-corrected chi connectivity index (χ0v) is 14.7. The Hall–Kier alpha value is -2.62. The molecule has 130 valence electrons. The van der Waals surface area contributed by atoms with E-state index >= 15 is 0 Å². The molecule has 0 unspecified atom stereocenters. The van der Waals surface area contributed by atoms with Gasteiger partial charge >= 0.3 is 0 Å². The fourth-order valence-corrected chi connectivity index (χ4v) is 3.19. The van der Waals surface area contributed by atoms with E-state index in [1.165, 1.54) is 0 Å². The topological polar surface area (TPSA) is 55.4 Å². The van der Waals surface area contributed by atoms with Gasteiger partial charge in [0.05, 0.1) is 6.54 Å². The Labute approximate surface area is 148 Å². The number of fused-ring (bicyclic) bond motifs is 1. The first-order chi connectivity index (χ1) is 12.1. The molecule has 2 aromatic rings. The first kappa shape index (κ1) is 17.2.